The number of anilines is 1. The third-order valence-electron chi connectivity index (χ3n) is 1.66. The summed E-state index contributed by atoms with van der Waals surface area (Å²) in [6.07, 6.45) is -3.29. The molecule has 0 aromatic carbocycles. The number of rotatable bonds is 3. The molecule has 0 spiro atoms. The van der Waals surface area contributed by atoms with E-state index in [1.54, 1.807) is 0 Å². The lowest BCUT2D eigenvalue weighted by Gasteiger charge is -2.06. The van der Waals surface area contributed by atoms with Gasteiger partial charge in [-0.3, -0.25) is 0 Å². The molecule has 11 heteroatoms. The zero-order chi connectivity index (χ0) is 13.4. The van der Waals surface area contributed by atoms with Gasteiger partial charge in [0.2, 0.25) is 5.82 Å². The number of nitrogen functional groups attached to an aromatic ring is 1. The van der Waals surface area contributed by atoms with Gasteiger partial charge in [-0.2, -0.15) is 0 Å². The largest absolute Gasteiger partial charge is 0.386 e. The van der Waals surface area contributed by atoms with Crippen LogP contribution in [0.5, 0.6) is 0 Å². The highest BCUT2D eigenvalue weighted by molar-refractivity contribution is 8.13. The molecule has 2 N–H and O–H groups in total. The molecule has 17 heavy (non-hydrogen) atoms. The van der Waals surface area contributed by atoms with Crippen molar-refractivity contribution in [1.82, 2.24) is 4.98 Å². The van der Waals surface area contributed by atoms with Crippen molar-refractivity contribution < 1.29 is 22.1 Å². The zero-order valence-electron chi connectivity index (χ0n) is 7.80. The Bertz CT molecular complexity index is 577. The average Bonchev–Trinajstić information content (AvgIpc) is 2.14. The van der Waals surface area contributed by atoms with Crippen LogP contribution in [0.2, 0.25) is 0 Å². The lowest BCUT2D eigenvalue weighted by molar-refractivity contribution is -0.392. The number of hydrogen-bond acceptors (Lipinski definition) is 6. The summed E-state index contributed by atoms with van der Waals surface area (Å²) < 4.78 is 47.2. The molecule has 0 aliphatic rings. The van der Waals surface area contributed by atoms with Gasteiger partial charge in [0, 0.05) is 16.7 Å². The van der Waals surface area contributed by atoms with Crippen LogP contribution in [0.25, 0.3) is 0 Å². The van der Waals surface area contributed by atoms with Crippen molar-refractivity contribution in [3.05, 3.63) is 21.7 Å². The fraction of sp³-hybridized carbons (Fsp3) is 0.167. The minimum absolute atomic E-state index is 0.521. The maximum Gasteiger partial charge on any atom is 0.386 e. The summed E-state index contributed by atoms with van der Waals surface area (Å²) in [7, 11) is 0.125. The number of nitro groups is 1. The molecule has 1 aromatic rings. The van der Waals surface area contributed by atoms with Crippen LogP contribution in [0, 0.1) is 10.1 Å². The van der Waals surface area contributed by atoms with Gasteiger partial charge in [0.1, 0.15) is 0 Å². The number of pyridine rings is 1. The van der Waals surface area contributed by atoms with E-state index in [1.165, 1.54) is 0 Å². The predicted molar refractivity (Wildman–Crippen MR) is 53.3 cm³/mol. The summed E-state index contributed by atoms with van der Waals surface area (Å²) in [4.78, 5) is 11.0. The molecule has 0 aliphatic heterocycles. The van der Waals surface area contributed by atoms with Gasteiger partial charge >= 0.3 is 5.82 Å². The Morgan fingerprint density at radius 3 is 2.41 bits per heavy atom. The molecule has 0 aliphatic carbocycles. The van der Waals surface area contributed by atoms with E-state index in [4.69, 9.17) is 16.4 Å². The maximum absolute atomic E-state index is 12.6. The molecular weight excluding hydrogens is 284 g/mol. The minimum Gasteiger partial charge on any atom is -0.363 e. The van der Waals surface area contributed by atoms with Crippen LogP contribution in [-0.2, 0) is 9.05 Å². The van der Waals surface area contributed by atoms with Gasteiger partial charge in [0.25, 0.3) is 15.5 Å². The molecule has 0 radical (unpaired) electrons. The minimum atomic E-state index is -4.74. The van der Waals surface area contributed by atoms with Gasteiger partial charge in [-0.1, -0.05) is 0 Å². The monoisotopic (exact) mass is 287 g/mol. The summed E-state index contributed by atoms with van der Waals surface area (Å²) in [6, 6.07) is 0.521. The molecule has 0 amide bonds. The number of hydrogen-bond donors (Lipinski definition) is 1. The normalized spacial score (nSPS) is 11.8. The molecule has 1 heterocycles. The quantitative estimate of drug-likeness (QED) is 0.511. The van der Waals surface area contributed by atoms with Gasteiger partial charge in [-0.05, 0) is 9.91 Å². The Labute approximate surface area is 97.8 Å². The Kier molecular flexibility index (Phi) is 3.48. The highest BCUT2D eigenvalue weighted by Crippen LogP contribution is 2.35. The van der Waals surface area contributed by atoms with E-state index in [-0.39, 0.29) is 0 Å². The van der Waals surface area contributed by atoms with Gasteiger partial charge in [0.15, 0.2) is 4.90 Å². The van der Waals surface area contributed by atoms with Crippen molar-refractivity contribution in [1.29, 1.82) is 0 Å². The first-order valence-corrected chi connectivity index (χ1v) is 6.13. The molecule has 94 valence electrons. The second-order valence-corrected chi connectivity index (χ2v) is 5.29. The first-order valence-electron chi connectivity index (χ1n) is 3.82. The third kappa shape index (κ3) is 2.77. The number of nitrogens with zero attached hydrogens (tertiary/aromatic N) is 2. The standard InChI is InChI=1S/C6H4ClF2N3O4S/c7-17(15,16)4-2(5(8)9)1-3(10)11-6(4)12(13)14/h1,5H,(H2,10,11). The first kappa shape index (κ1) is 13.5. The topological polar surface area (TPSA) is 116 Å². The molecule has 0 saturated carbocycles. The van der Waals surface area contributed by atoms with Crippen molar-refractivity contribution in [2.75, 3.05) is 5.73 Å². The smallest absolute Gasteiger partial charge is 0.363 e. The molecule has 0 fully saturated rings. The second-order valence-electron chi connectivity index (χ2n) is 2.78. The van der Waals surface area contributed by atoms with Crippen LogP contribution in [0.3, 0.4) is 0 Å². The molecule has 1 aromatic heterocycles. The van der Waals surface area contributed by atoms with Crippen molar-refractivity contribution in [3.63, 3.8) is 0 Å². The van der Waals surface area contributed by atoms with Crippen LogP contribution in [-0.4, -0.2) is 18.3 Å². The molecule has 0 bridgehead atoms. The van der Waals surface area contributed by atoms with Gasteiger partial charge < -0.3 is 15.8 Å². The third-order valence-corrected chi connectivity index (χ3v) is 3.02. The number of nitrogens with two attached hydrogens (primary N) is 1. The lowest BCUT2D eigenvalue weighted by Crippen LogP contribution is -2.08. The maximum atomic E-state index is 12.6. The molecule has 1 rings (SSSR count). The Morgan fingerprint density at radius 1 is 1.53 bits per heavy atom. The van der Waals surface area contributed by atoms with Crippen LogP contribution in [0.1, 0.15) is 12.0 Å². The highest BCUT2D eigenvalue weighted by Gasteiger charge is 2.34. The first-order chi connectivity index (χ1) is 7.64. The van der Waals surface area contributed by atoms with E-state index in [0.29, 0.717) is 6.07 Å². The van der Waals surface area contributed by atoms with E-state index < -0.39 is 42.5 Å². The van der Waals surface area contributed by atoms with E-state index in [1.807, 2.05) is 0 Å². The predicted octanol–water partition coefficient (Wildman–Crippen LogP) is 1.44. The Balaban J connectivity index is 3.79. The summed E-state index contributed by atoms with van der Waals surface area (Å²) in [6.45, 7) is 0. The van der Waals surface area contributed by atoms with Crippen LogP contribution in [0.4, 0.5) is 20.4 Å². The van der Waals surface area contributed by atoms with Crippen molar-refractivity contribution in [2.24, 2.45) is 0 Å². The van der Waals surface area contributed by atoms with Crippen LogP contribution < -0.4 is 5.73 Å². The Morgan fingerprint density at radius 2 is 2.06 bits per heavy atom. The van der Waals surface area contributed by atoms with E-state index in [0.717, 1.165) is 0 Å². The fourth-order valence-corrected chi connectivity index (χ4v) is 2.34. The van der Waals surface area contributed by atoms with Crippen LogP contribution in [0.15, 0.2) is 11.0 Å². The Hall–Kier alpha value is -1.55. The lowest BCUT2D eigenvalue weighted by atomic mass is 10.2. The second kappa shape index (κ2) is 4.37. The summed E-state index contributed by atoms with van der Waals surface area (Å²) in [5, 5.41) is 10.5. The highest BCUT2D eigenvalue weighted by atomic mass is 35.7. The van der Waals surface area contributed by atoms with E-state index >= 15 is 0 Å². The SMILES string of the molecule is Nc1cc(C(F)F)c(S(=O)(=O)Cl)c([N+](=O)[O-])n1. The van der Waals surface area contributed by atoms with Crippen molar-refractivity contribution >= 4 is 31.4 Å². The zero-order valence-corrected chi connectivity index (χ0v) is 9.37. The van der Waals surface area contributed by atoms with E-state index in [9.17, 15) is 27.3 Å². The van der Waals surface area contributed by atoms with E-state index in [2.05, 4.69) is 4.98 Å². The number of aromatic nitrogens is 1. The van der Waals surface area contributed by atoms with Crippen molar-refractivity contribution in [2.45, 2.75) is 11.3 Å². The summed E-state index contributed by atoms with van der Waals surface area (Å²) in [5.41, 5.74) is 3.91. The molecule has 0 saturated heterocycles. The van der Waals surface area contributed by atoms with Gasteiger partial charge in [-0.15, -0.1) is 0 Å². The van der Waals surface area contributed by atoms with Crippen LogP contribution >= 0.6 is 10.7 Å². The summed E-state index contributed by atoms with van der Waals surface area (Å²) >= 11 is 0. The van der Waals surface area contributed by atoms with Gasteiger partial charge in [0.05, 0.1) is 5.56 Å². The van der Waals surface area contributed by atoms with Gasteiger partial charge in [-0.25, -0.2) is 17.2 Å². The molecule has 0 atom stereocenters. The van der Waals surface area contributed by atoms with Crippen molar-refractivity contribution in [3.8, 4) is 0 Å². The number of alkyl halides is 2. The fourth-order valence-electron chi connectivity index (χ4n) is 1.09. The molecular formula is C6H4ClF2N3O4S. The summed E-state index contributed by atoms with van der Waals surface area (Å²) in [5.74, 6) is -1.92. The average molecular weight is 288 g/mol. The molecule has 0 unspecified atom stereocenters. The molecule has 7 nitrogen and oxygen atoms in total. The number of halogens is 3.